The molecule has 0 unspecified atom stereocenters. The van der Waals surface area contributed by atoms with Crippen LogP contribution < -0.4 is 4.90 Å². The molecule has 0 spiro atoms. The lowest BCUT2D eigenvalue weighted by Gasteiger charge is -2.16. The molecule has 3 rings (SSSR count). The summed E-state index contributed by atoms with van der Waals surface area (Å²) in [5.41, 5.74) is -1.76. The summed E-state index contributed by atoms with van der Waals surface area (Å²) in [6.07, 6.45) is -7.91. The highest BCUT2D eigenvalue weighted by molar-refractivity contribution is 8.27. The van der Waals surface area contributed by atoms with Crippen molar-refractivity contribution in [2.24, 2.45) is 0 Å². The number of anilines is 1. The number of thioether (sulfide) groups is 1. The Morgan fingerprint density at radius 3 is 2.07 bits per heavy atom. The third-order valence-electron chi connectivity index (χ3n) is 3.74. The highest BCUT2D eigenvalue weighted by Crippen LogP contribution is 2.39. The lowest BCUT2D eigenvalue weighted by Crippen LogP contribution is -2.27. The predicted octanol–water partition coefficient (Wildman–Crippen LogP) is 6.13. The second kappa shape index (κ2) is 7.25. The number of hydrogen-bond donors (Lipinski definition) is 0. The van der Waals surface area contributed by atoms with E-state index in [2.05, 4.69) is 0 Å². The second-order valence-corrected chi connectivity index (χ2v) is 7.36. The molecule has 1 amide bonds. The lowest BCUT2D eigenvalue weighted by molar-refractivity contribution is -0.138. The van der Waals surface area contributed by atoms with Crippen molar-refractivity contribution in [2.45, 2.75) is 12.4 Å². The van der Waals surface area contributed by atoms with Crippen LogP contribution in [0.5, 0.6) is 0 Å². The average Bonchev–Trinajstić information content (AvgIpc) is 2.87. The largest absolute Gasteiger partial charge is 0.416 e. The number of nitrogens with zero attached hydrogens (tertiary/aromatic N) is 1. The second-order valence-electron chi connectivity index (χ2n) is 5.69. The maximum atomic E-state index is 12.9. The number of carbonyl (C=O) groups is 1. The summed E-state index contributed by atoms with van der Waals surface area (Å²) in [7, 11) is 0. The summed E-state index contributed by atoms with van der Waals surface area (Å²) in [4.78, 5) is 13.6. The molecule has 0 bridgehead atoms. The van der Waals surface area contributed by atoms with Gasteiger partial charge in [-0.1, -0.05) is 42.2 Å². The molecular weight excluding hydrogens is 424 g/mol. The highest BCUT2D eigenvalue weighted by atomic mass is 32.2. The molecule has 1 aliphatic heterocycles. The number of halogens is 6. The van der Waals surface area contributed by atoms with Gasteiger partial charge in [0.15, 0.2) is 4.32 Å². The Bertz CT molecular complexity index is 981. The normalized spacial score (nSPS) is 16.9. The van der Waals surface area contributed by atoms with Crippen LogP contribution in [0.2, 0.25) is 0 Å². The minimum atomic E-state index is -4.59. The molecule has 2 aromatic rings. The molecule has 0 atom stereocenters. The first-order chi connectivity index (χ1) is 13.0. The Hall–Kier alpha value is -2.33. The number of thiocarbonyl (C=S) groups is 1. The molecular formula is C18H9F6NOS2. The van der Waals surface area contributed by atoms with Gasteiger partial charge >= 0.3 is 12.4 Å². The molecule has 2 aromatic carbocycles. The molecule has 1 saturated heterocycles. The first kappa shape index (κ1) is 20.4. The van der Waals surface area contributed by atoms with Gasteiger partial charge < -0.3 is 0 Å². The number of alkyl halides is 6. The van der Waals surface area contributed by atoms with Gasteiger partial charge in [-0.2, -0.15) is 26.3 Å². The van der Waals surface area contributed by atoms with Gasteiger partial charge in [0.2, 0.25) is 0 Å². The van der Waals surface area contributed by atoms with Crippen molar-refractivity contribution in [2.75, 3.05) is 4.90 Å². The van der Waals surface area contributed by atoms with Crippen LogP contribution >= 0.6 is 24.0 Å². The van der Waals surface area contributed by atoms with Crippen LogP contribution in [0, 0.1) is 0 Å². The topological polar surface area (TPSA) is 20.3 Å². The van der Waals surface area contributed by atoms with Crippen LogP contribution in [0.4, 0.5) is 32.0 Å². The number of benzene rings is 2. The zero-order valence-electron chi connectivity index (χ0n) is 13.6. The van der Waals surface area contributed by atoms with Crippen LogP contribution in [0.25, 0.3) is 6.08 Å². The first-order valence-corrected chi connectivity index (χ1v) is 8.82. The fourth-order valence-corrected chi connectivity index (χ4v) is 3.77. The Balaban J connectivity index is 1.94. The van der Waals surface area contributed by atoms with E-state index in [4.69, 9.17) is 12.2 Å². The van der Waals surface area contributed by atoms with E-state index in [0.29, 0.717) is 0 Å². The van der Waals surface area contributed by atoms with Gasteiger partial charge in [0, 0.05) is 0 Å². The Kier molecular flexibility index (Phi) is 5.28. The molecule has 0 N–H and O–H groups in total. The Morgan fingerprint density at radius 2 is 1.46 bits per heavy atom. The summed E-state index contributed by atoms with van der Waals surface area (Å²) in [5, 5.41) is 0. The van der Waals surface area contributed by atoms with Crippen LogP contribution in [0.3, 0.4) is 0 Å². The van der Waals surface area contributed by atoms with Gasteiger partial charge in [0.1, 0.15) is 0 Å². The summed E-state index contributed by atoms with van der Waals surface area (Å²) in [6.45, 7) is 0. The van der Waals surface area contributed by atoms with Gasteiger partial charge in [-0.15, -0.1) is 0 Å². The van der Waals surface area contributed by atoms with E-state index >= 15 is 0 Å². The van der Waals surface area contributed by atoms with E-state index in [1.54, 1.807) is 0 Å². The predicted molar refractivity (Wildman–Crippen MR) is 98.5 cm³/mol. The molecule has 1 aliphatic rings. The third-order valence-corrected chi connectivity index (χ3v) is 5.04. The number of hydrogen-bond acceptors (Lipinski definition) is 3. The molecule has 0 radical (unpaired) electrons. The number of amides is 1. The van der Waals surface area contributed by atoms with Gasteiger partial charge in [0.25, 0.3) is 5.91 Å². The fourth-order valence-electron chi connectivity index (χ4n) is 2.47. The van der Waals surface area contributed by atoms with Crippen molar-refractivity contribution in [1.82, 2.24) is 0 Å². The Labute approximate surface area is 164 Å². The van der Waals surface area contributed by atoms with E-state index < -0.39 is 29.4 Å². The summed E-state index contributed by atoms with van der Waals surface area (Å²) in [6, 6.07) is 8.44. The zero-order chi connectivity index (χ0) is 20.7. The maximum absolute atomic E-state index is 12.9. The van der Waals surface area contributed by atoms with Gasteiger partial charge in [0.05, 0.1) is 21.7 Å². The minimum absolute atomic E-state index is 0.0115. The third kappa shape index (κ3) is 4.22. The van der Waals surface area contributed by atoms with Crippen molar-refractivity contribution in [3.63, 3.8) is 0 Å². The van der Waals surface area contributed by atoms with E-state index in [1.165, 1.54) is 24.3 Å². The molecule has 28 heavy (non-hydrogen) atoms. The lowest BCUT2D eigenvalue weighted by atomic mass is 10.1. The summed E-state index contributed by atoms with van der Waals surface area (Å²) < 4.78 is 77.2. The quantitative estimate of drug-likeness (QED) is 0.323. The van der Waals surface area contributed by atoms with Crippen molar-refractivity contribution < 1.29 is 31.1 Å². The Morgan fingerprint density at radius 1 is 0.893 bits per heavy atom. The van der Waals surface area contributed by atoms with E-state index in [1.807, 2.05) is 0 Å². The highest BCUT2D eigenvalue weighted by Gasteiger charge is 2.36. The zero-order valence-corrected chi connectivity index (χ0v) is 15.3. The van der Waals surface area contributed by atoms with Crippen LogP contribution in [0.1, 0.15) is 16.7 Å². The molecule has 0 aromatic heterocycles. The van der Waals surface area contributed by atoms with Gasteiger partial charge in [-0.05, 0) is 42.0 Å². The standard InChI is InChI=1S/C18H9F6NOS2/c19-17(20,21)11-4-1-3-10(7-11)8-14-15(26)25(16(27)28-14)13-6-2-5-12(9-13)18(22,23)24/h1-9H. The molecule has 1 heterocycles. The van der Waals surface area contributed by atoms with Gasteiger partial charge in [-0.25, -0.2) is 0 Å². The van der Waals surface area contributed by atoms with E-state index in [-0.39, 0.29) is 20.5 Å². The molecule has 0 aliphatic carbocycles. The molecule has 1 fully saturated rings. The number of carbonyl (C=O) groups excluding carboxylic acids is 1. The van der Waals surface area contributed by atoms with Crippen molar-refractivity contribution in [3.05, 3.63) is 70.1 Å². The van der Waals surface area contributed by atoms with E-state index in [9.17, 15) is 31.1 Å². The monoisotopic (exact) mass is 433 g/mol. The molecule has 0 saturated carbocycles. The van der Waals surface area contributed by atoms with Crippen molar-refractivity contribution in [1.29, 1.82) is 0 Å². The van der Waals surface area contributed by atoms with Crippen molar-refractivity contribution >= 4 is 46.0 Å². The molecule has 146 valence electrons. The summed E-state index contributed by atoms with van der Waals surface area (Å²) >= 11 is 5.89. The van der Waals surface area contributed by atoms with Crippen LogP contribution in [-0.4, -0.2) is 10.2 Å². The van der Waals surface area contributed by atoms with E-state index in [0.717, 1.165) is 47.0 Å². The summed E-state index contributed by atoms with van der Waals surface area (Å²) in [5.74, 6) is -0.702. The maximum Gasteiger partial charge on any atom is 0.416 e. The fraction of sp³-hybridized carbons (Fsp3) is 0.111. The molecule has 10 heteroatoms. The molecule has 2 nitrogen and oxygen atoms in total. The number of rotatable bonds is 2. The SMILES string of the molecule is O=C1C(=Cc2cccc(C(F)(F)F)c2)SC(=S)N1c1cccc(C(F)(F)F)c1. The average molecular weight is 433 g/mol. The van der Waals surface area contributed by atoms with Gasteiger partial charge in [-0.3, -0.25) is 9.69 Å². The van der Waals surface area contributed by atoms with Crippen LogP contribution in [-0.2, 0) is 17.1 Å². The van der Waals surface area contributed by atoms with Crippen molar-refractivity contribution in [3.8, 4) is 0 Å². The first-order valence-electron chi connectivity index (χ1n) is 7.59. The van der Waals surface area contributed by atoms with Crippen LogP contribution in [0.15, 0.2) is 53.4 Å². The smallest absolute Gasteiger partial charge is 0.268 e. The minimum Gasteiger partial charge on any atom is -0.268 e.